The normalized spacial score (nSPS) is 11.6. The Bertz CT molecular complexity index is 1270. The maximum absolute atomic E-state index is 12.8. The van der Waals surface area contributed by atoms with E-state index >= 15 is 0 Å². The summed E-state index contributed by atoms with van der Waals surface area (Å²) in [4.78, 5) is 0.0669. The maximum atomic E-state index is 12.8. The highest BCUT2D eigenvalue weighted by Gasteiger charge is 2.19. The Morgan fingerprint density at radius 3 is 1.77 bits per heavy atom. The van der Waals surface area contributed by atoms with Gasteiger partial charge >= 0.3 is 0 Å². The van der Waals surface area contributed by atoms with Gasteiger partial charge < -0.3 is 9.47 Å². The lowest BCUT2D eigenvalue weighted by molar-refractivity contribution is 0.405. The van der Waals surface area contributed by atoms with Gasteiger partial charge in [0.15, 0.2) is 0 Å². The minimum atomic E-state index is -3.95. The largest absolute Gasteiger partial charge is 0.497 e. The van der Waals surface area contributed by atoms with Gasteiger partial charge in [0.05, 0.1) is 29.7 Å². The standard InChI is InChI=1S/C21H22N2O6S2/c1-15-4-9-18(10-5-15)30(24,25)22-16-6-11-19(12-7-16)31(26,27)23-20-14-17(28-2)8-13-21(20)29-3/h4-14,22-23H,1-3H3. The molecule has 0 heterocycles. The number of nitrogens with one attached hydrogen (secondary N) is 2. The van der Waals surface area contributed by atoms with Crippen LogP contribution in [-0.4, -0.2) is 31.1 Å². The van der Waals surface area contributed by atoms with Crippen LogP contribution in [0.25, 0.3) is 0 Å². The van der Waals surface area contributed by atoms with Crippen LogP contribution in [0.15, 0.2) is 76.5 Å². The van der Waals surface area contributed by atoms with Crippen molar-refractivity contribution in [3.05, 3.63) is 72.3 Å². The highest BCUT2D eigenvalue weighted by molar-refractivity contribution is 7.93. The number of hydrogen-bond donors (Lipinski definition) is 2. The highest BCUT2D eigenvalue weighted by Crippen LogP contribution is 2.31. The number of methoxy groups -OCH3 is 2. The van der Waals surface area contributed by atoms with Crippen LogP contribution >= 0.6 is 0 Å². The molecule has 0 atom stereocenters. The van der Waals surface area contributed by atoms with Gasteiger partial charge in [-0.2, -0.15) is 0 Å². The van der Waals surface area contributed by atoms with Gasteiger partial charge in [-0.15, -0.1) is 0 Å². The quantitative estimate of drug-likeness (QED) is 0.529. The summed E-state index contributed by atoms with van der Waals surface area (Å²) in [7, 11) is -4.85. The van der Waals surface area contributed by atoms with Gasteiger partial charge in [-0.1, -0.05) is 17.7 Å². The molecule has 0 aliphatic carbocycles. The summed E-state index contributed by atoms with van der Waals surface area (Å²) in [6.07, 6.45) is 0. The van der Waals surface area contributed by atoms with Gasteiger partial charge in [-0.05, 0) is 55.5 Å². The Balaban J connectivity index is 1.81. The molecule has 0 aliphatic rings. The van der Waals surface area contributed by atoms with E-state index in [0.717, 1.165) is 5.56 Å². The number of anilines is 2. The van der Waals surface area contributed by atoms with Crippen LogP contribution in [0.4, 0.5) is 11.4 Å². The molecular formula is C21H22N2O6S2. The molecule has 2 N–H and O–H groups in total. The molecule has 8 nitrogen and oxygen atoms in total. The van der Waals surface area contributed by atoms with Crippen LogP contribution in [0.2, 0.25) is 0 Å². The van der Waals surface area contributed by atoms with E-state index in [1.54, 1.807) is 24.3 Å². The summed E-state index contributed by atoms with van der Waals surface area (Å²) in [5.41, 5.74) is 1.39. The maximum Gasteiger partial charge on any atom is 0.262 e. The molecule has 3 aromatic rings. The fourth-order valence-electron chi connectivity index (χ4n) is 2.73. The third-order valence-electron chi connectivity index (χ3n) is 4.40. The van der Waals surface area contributed by atoms with Crippen LogP contribution in [0.1, 0.15) is 5.56 Å². The van der Waals surface area contributed by atoms with Crippen molar-refractivity contribution in [1.29, 1.82) is 0 Å². The first-order valence-electron chi connectivity index (χ1n) is 9.09. The number of aryl methyl sites for hydroxylation is 1. The first-order valence-corrected chi connectivity index (χ1v) is 12.1. The molecule has 3 rings (SSSR count). The van der Waals surface area contributed by atoms with Gasteiger partial charge in [0.1, 0.15) is 11.5 Å². The van der Waals surface area contributed by atoms with E-state index in [0.29, 0.717) is 11.5 Å². The third-order valence-corrected chi connectivity index (χ3v) is 7.18. The summed E-state index contributed by atoms with van der Waals surface area (Å²) in [6.45, 7) is 1.86. The monoisotopic (exact) mass is 462 g/mol. The van der Waals surface area contributed by atoms with Crippen molar-refractivity contribution in [2.45, 2.75) is 16.7 Å². The van der Waals surface area contributed by atoms with Crippen molar-refractivity contribution in [2.75, 3.05) is 23.7 Å². The topological polar surface area (TPSA) is 111 Å². The smallest absolute Gasteiger partial charge is 0.262 e. The van der Waals surface area contributed by atoms with Gasteiger partial charge in [0.2, 0.25) is 0 Å². The van der Waals surface area contributed by atoms with Crippen molar-refractivity contribution in [3.63, 3.8) is 0 Å². The molecule has 164 valence electrons. The second-order valence-electron chi connectivity index (χ2n) is 6.61. The molecule has 0 fully saturated rings. The zero-order valence-electron chi connectivity index (χ0n) is 17.1. The van der Waals surface area contributed by atoms with Crippen LogP contribution in [-0.2, 0) is 20.0 Å². The SMILES string of the molecule is COc1ccc(OC)c(NS(=O)(=O)c2ccc(NS(=O)(=O)c3ccc(C)cc3)cc2)c1. The fourth-order valence-corrected chi connectivity index (χ4v) is 4.85. The van der Waals surface area contributed by atoms with Gasteiger partial charge in [0, 0.05) is 11.8 Å². The predicted octanol–water partition coefficient (Wildman–Crippen LogP) is 3.61. The van der Waals surface area contributed by atoms with E-state index in [1.807, 2.05) is 6.92 Å². The average Bonchev–Trinajstić information content (AvgIpc) is 2.74. The Kier molecular flexibility index (Phi) is 6.42. The van der Waals surface area contributed by atoms with E-state index in [9.17, 15) is 16.8 Å². The molecule has 0 radical (unpaired) electrons. The molecule has 0 unspecified atom stereocenters. The number of ether oxygens (including phenoxy) is 2. The predicted molar refractivity (Wildman–Crippen MR) is 119 cm³/mol. The average molecular weight is 463 g/mol. The Hall–Kier alpha value is -3.24. The Morgan fingerprint density at radius 2 is 1.23 bits per heavy atom. The minimum Gasteiger partial charge on any atom is -0.497 e. The summed E-state index contributed by atoms with van der Waals surface area (Å²) in [5, 5.41) is 0. The van der Waals surface area contributed by atoms with E-state index in [2.05, 4.69) is 9.44 Å². The summed E-state index contributed by atoms with van der Waals surface area (Å²) in [5.74, 6) is 0.784. The van der Waals surface area contributed by atoms with Crippen molar-refractivity contribution >= 4 is 31.4 Å². The molecule has 0 bridgehead atoms. The summed E-state index contributed by atoms with van der Waals surface area (Å²) < 4.78 is 65.8. The fraction of sp³-hybridized carbons (Fsp3) is 0.143. The van der Waals surface area contributed by atoms with E-state index < -0.39 is 20.0 Å². The van der Waals surface area contributed by atoms with E-state index in [-0.39, 0.29) is 21.2 Å². The number of rotatable bonds is 8. The third kappa shape index (κ3) is 5.28. The lowest BCUT2D eigenvalue weighted by Gasteiger charge is -2.14. The highest BCUT2D eigenvalue weighted by atomic mass is 32.2. The van der Waals surface area contributed by atoms with Gasteiger partial charge in [0.25, 0.3) is 20.0 Å². The molecule has 0 saturated carbocycles. The summed E-state index contributed by atoms with van der Waals surface area (Å²) in [6, 6.07) is 16.5. The number of sulfonamides is 2. The first-order chi connectivity index (χ1) is 14.6. The first kappa shape index (κ1) is 22.4. The molecule has 31 heavy (non-hydrogen) atoms. The lowest BCUT2D eigenvalue weighted by atomic mass is 10.2. The van der Waals surface area contributed by atoms with Crippen molar-refractivity contribution in [2.24, 2.45) is 0 Å². The Morgan fingerprint density at radius 1 is 0.677 bits per heavy atom. The van der Waals surface area contributed by atoms with Gasteiger partial charge in [-0.3, -0.25) is 9.44 Å². The van der Waals surface area contributed by atoms with Crippen LogP contribution < -0.4 is 18.9 Å². The van der Waals surface area contributed by atoms with Crippen molar-refractivity contribution in [3.8, 4) is 11.5 Å². The molecule has 0 spiro atoms. The zero-order chi connectivity index (χ0) is 22.6. The van der Waals surface area contributed by atoms with Crippen LogP contribution in [0.3, 0.4) is 0 Å². The molecule has 0 saturated heterocycles. The second kappa shape index (κ2) is 8.86. The van der Waals surface area contributed by atoms with Crippen molar-refractivity contribution < 1.29 is 26.3 Å². The second-order valence-corrected chi connectivity index (χ2v) is 9.98. The Labute approximate surface area is 181 Å². The minimum absolute atomic E-state index is 0.0457. The van der Waals surface area contributed by atoms with Gasteiger partial charge in [-0.25, -0.2) is 16.8 Å². The lowest BCUT2D eigenvalue weighted by Crippen LogP contribution is -2.15. The van der Waals surface area contributed by atoms with E-state index in [4.69, 9.17) is 9.47 Å². The number of benzene rings is 3. The molecular weight excluding hydrogens is 440 g/mol. The molecule has 10 heteroatoms. The van der Waals surface area contributed by atoms with Crippen LogP contribution in [0.5, 0.6) is 11.5 Å². The van der Waals surface area contributed by atoms with Crippen LogP contribution in [0, 0.1) is 6.92 Å². The zero-order valence-corrected chi connectivity index (χ0v) is 18.7. The molecule has 0 aliphatic heterocycles. The molecule has 0 amide bonds. The van der Waals surface area contributed by atoms with E-state index in [1.165, 1.54) is 56.7 Å². The summed E-state index contributed by atoms with van der Waals surface area (Å²) >= 11 is 0. The van der Waals surface area contributed by atoms with Crippen molar-refractivity contribution in [1.82, 2.24) is 0 Å². The molecule has 0 aromatic heterocycles. The molecule has 3 aromatic carbocycles. The number of hydrogen-bond acceptors (Lipinski definition) is 6.